The molecule has 0 fully saturated rings. The highest BCUT2D eigenvalue weighted by molar-refractivity contribution is 9.10. The highest BCUT2D eigenvalue weighted by Crippen LogP contribution is 2.28. The van der Waals surface area contributed by atoms with Crippen molar-refractivity contribution in [2.45, 2.75) is 26.3 Å². The molecule has 8 nitrogen and oxygen atoms in total. The molecule has 3 rings (SSSR count). The molecule has 10 heteroatoms. The van der Waals surface area contributed by atoms with Gasteiger partial charge in [0.2, 0.25) is 11.0 Å². The van der Waals surface area contributed by atoms with Gasteiger partial charge in [-0.1, -0.05) is 53.6 Å². The average molecular weight is 531 g/mol. The van der Waals surface area contributed by atoms with Crippen molar-refractivity contribution >= 4 is 55.7 Å². The minimum atomic E-state index is -0.728. The number of nitrogens with one attached hydrogen (secondary N) is 3. The predicted molar refractivity (Wildman–Crippen MR) is 138 cm³/mol. The van der Waals surface area contributed by atoms with Crippen molar-refractivity contribution in [2.75, 3.05) is 29.6 Å². The quantitative estimate of drug-likeness (QED) is 0.371. The summed E-state index contributed by atoms with van der Waals surface area (Å²) >= 11 is 4.66. The second-order valence-corrected chi connectivity index (χ2v) is 9.71. The Balaban J connectivity index is 1.67. The van der Waals surface area contributed by atoms with Crippen LogP contribution in [-0.2, 0) is 4.79 Å². The number of rotatable bonds is 8. The number of anilines is 3. The van der Waals surface area contributed by atoms with E-state index in [1.165, 1.54) is 11.3 Å². The SMILES string of the molecule is CCC(C)C(NC(=O)Nc1cccc(Br)c1)C(=O)Nc1nnc(-c2ccc(N(C)C)cc2)s1. The Bertz CT molecular complexity index is 1100. The molecule has 1 aromatic heterocycles. The van der Waals surface area contributed by atoms with E-state index in [2.05, 4.69) is 42.1 Å². The van der Waals surface area contributed by atoms with Gasteiger partial charge in [-0.25, -0.2) is 4.79 Å². The monoisotopic (exact) mass is 530 g/mol. The lowest BCUT2D eigenvalue weighted by Gasteiger charge is -2.23. The van der Waals surface area contributed by atoms with Crippen molar-refractivity contribution in [1.82, 2.24) is 15.5 Å². The smallest absolute Gasteiger partial charge is 0.319 e. The maximum absolute atomic E-state index is 13.0. The molecular weight excluding hydrogens is 504 g/mol. The molecule has 3 N–H and O–H groups in total. The van der Waals surface area contributed by atoms with E-state index in [0.717, 1.165) is 22.1 Å². The lowest BCUT2D eigenvalue weighted by atomic mass is 9.98. The molecule has 0 saturated carbocycles. The number of hydrogen-bond donors (Lipinski definition) is 3. The van der Waals surface area contributed by atoms with Gasteiger partial charge in [0, 0.05) is 35.5 Å². The first-order chi connectivity index (χ1) is 15.8. The molecule has 0 spiro atoms. The first-order valence-corrected chi connectivity index (χ1v) is 12.1. The molecule has 2 aromatic carbocycles. The largest absolute Gasteiger partial charge is 0.378 e. The lowest BCUT2D eigenvalue weighted by molar-refractivity contribution is -0.119. The van der Waals surface area contributed by atoms with Gasteiger partial charge < -0.3 is 15.5 Å². The number of carbonyl (C=O) groups excluding carboxylic acids is 2. The molecule has 3 aromatic rings. The Morgan fingerprint density at radius 2 is 1.82 bits per heavy atom. The van der Waals surface area contributed by atoms with Gasteiger partial charge >= 0.3 is 6.03 Å². The zero-order valence-electron chi connectivity index (χ0n) is 18.9. The topological polar surface area (TPSA) is 99.2 Å². The van der Waals surface area contributed by atoms with Crippen LogP contribution in [0.4, 0.5) is 21.3 Å². The number of carbonyl (C=O) groups is 2. The van der Waals surface area contributed by atoms with Crippen molar-refractivity contribution in [3.8, 4) is 10.6 Å². The molecule has 0 saturated heterocycles. The van der Waals surface area contributed by atoms with Crippen molar-refractivity contribution in [2.24, 2.45) is 5.92 Å². The van der Waals surface area contributed by atoms with E-state index in [0.29, 0.717) is 15.8 Å². The van der Waals surface area contributed by atoms with Gasteiger partial charge in [0.25, 0.3) is 0 Å². The van der Waals surface area contributed by atoms with Crippen molar-refractivity contribution in [3.63, 3.8) is 0 Å². The fourth-order valence-electron chi connectivity index (χ4n) is 3.05. The van der Waals surface area contributed by atoms with E-state index in [4.69, 9.17) is 0 Å². The van der Waals surface area contributed by atoms with E-state index in [1.807, 2.05) is 69.2 Å². The van der Waals surface area contributed by atoms with Crippen LogP contribution >= 0.6 is 27.3 Å². The summed E-state index contributed by atoms with van der Waals surface area (Å²) in [7, 11) is 3.96. The van der Waals surface area contributed by atoms with Gasteiger partial charge in [0.1, 0.15) is 11.0 Å². The van der Waals surface area contributed by atoms with Crippen LogP contribution < -0.4 is 20.9 Å². The van der Waals surface area contributed by atoms with Gasteiger partial charge in [-0.3, -0.25) is 10.1 Å². The maximum Gasteiger partial charge on any atom is 0.319 e. The molecule has 33 heavy (non-hydrogen) atoms. The number of nitrogens with zero attached hydrogens (tertiary/aromatic N) is 3. The number of aromatic nitrogens is 2. The second-order valence-electron chi connectivity index (χ2n) is 7.81. The van der Waals surface area contributed by atoms with Gasteiger partial charge in [0.05, 0.1) is 0 Å². The van der Waals surface area contributed by atoms with Crippen LogP contribution in [0.5, 0.6) is 0 Å². The van der Waals surface area contributed by atoms with E-state index in [1.54, 1.807) is 12.1 Å². The third-order valence-electron chi connectivity index (χ3n) is 5.15. The minimum absolute atomic E-state index is 0.0794. The average Bonchev–Trinajstić information content (AvgIpc) is 3.25. The molecule has 2 atom stereocenters. The number of urea groups is 1. The normalized spacial score (nSPS) is 12.5. The Morgan fingerprint density at radius 3 is 2.45 bits per heavy atom. The summed E-state index contributed by atoms with van der Waals surface area (Å²) in [6, 6.07) is 14.0. The van der Waals surface area contributed by atoms with Crippen LogP contribution in [0.2, 0.25) is 0 Å². The molecule has 0 aliphatic heterocycles. The van der Waals surface area contributed by atoms with Gasteiger partial charge in [0.15, 0.2) is 0 Å². The molecule has 0 aliphatic rings. The third-order valence-corrected chi connectivity index (χ3v) is 6.53. The lowest BCUT2D eigenvalue weighted by Crippen LogP contribution is -2.49. The fraction of sp³-hybridized carbons (Fsp3) is 0.304. The fourth-order valence-corrected chi connectivity index (χ4v) is 4.20. The molecule has 0 bridgehead atoms. The van der Waals surface area contributed by atoms with Crippen LogP contribution in [0, 0.1) is 5.92 Å². The van der Waals surface area contributed by atoms with Crippen molar-refractivity contribution < 1.29 is 9.59 Å². The second kappa shape index (κ2) is 11.2. The molecule has 174 valence electrons. The number of amides is 3. The van der Waals surface area contributed by atoms with Crippen molar-refractivity contribution in [3.05, 3.63) is 53.0 Å². The summed E-state index contributed by atoms with van der Waals surface area (Å²) < 4.78 is 0.847. The first kappa shape index (κ1) is 24.7. The molecule has 1 heterocycles. The van der Waals surface area contributed by atoms with Gasteiger partial charge in [-0.15, -0.1) is 10.2 Å². The zero-order chi connectivity index (χ0) is 24.0. The van der Waals surface area contributed by atoms with Crippen LogP contribution in [-0.4, -0.2) is 42.3 Å². The summed E-state index contributed by atoms with van der Waals surface area (Å²) in [6.45, 7) is 3.89. The van der Waals surface area contributed by atoms with Crippen LogP contribution in [0.15, 0.2) is 53.0 Å². The minimum Gasteiger partial charge on any atom is -0.378 e. The Labute approximate surface area is 205 Å². The van der Waals surface area contributed by atoms with E-state index in [9.17, 15) is 9.59 Å². The van der Waals surface area contributed by atoms with Crippen LogP contribution in [0.25, 0.3) is 10.6 Å². The van der Waals surface area contributed by atoms with Gasteiger partial charge in [-0.2, -0.15) is 0 Å². The molecular formula is C23H27BrN6O2S. The highest BCUT2D eigenvalue weighted by atomic mass is 79.9. The molecule has 0 aliphatic carbocycles. The summed E-state index contributed by atoms with van der Waals surface area (Å²) in [4.78, 5) is 27.5. The third kappa shape index (κ3) is 6.75. The Morgan fingerprint density at radius 1 is 1.09 bits per heavy atom. The maximum atomic E-state index is 13.0. The Kier molecular flexibility index (Phi) is 8.40. The summed E-state index contributed by atoms with van der Waals surface area (Å²) in [6.07, 6.45) is 0.717. The Hall–Kier alpha value is -2.98. The zero-order valence-corrected chi connectivity index (χ0v) is 21.3. The van der Waals surface area contributed by atoms with E-state index in [-0.39, 0.29) is 11.8 Å². The summed E-state index contributed by atoms with van der Waals surface area (Å²) in [5, 5.41) is 17.7. The van der Waals surface area contributed by atoms with E-state index < -0.39 is 12.1 Å². The number of hydrogen-bond acceptors (Lipinski definition) is 6. The molecule has 3 amide bonds. The number of benzene rings is 2. The van der Waals surface area contributed by atoms with Gasteiger partial charge in [-0.05, 0) is 48.4 Å². The summed E-state index contributed by atoms with van der Waals surface area (Å²) in [5.41, 5.74) is 2.63. The first-order valence-electron chi connectivity index (χ1n) is 10.5. The number of halogens is 1. The van der Waals surface area contributed by atoms with Crippen LogP contribution in [0.3, 0.4) is 0 Å². The summed E-state index contributed by atoms with van der Waals surface area (Å²) in [5.74, 6) is -0.413. The van der Waals surface area contributed by atoms with Crippen LogP contribution in [0.1, 0.15) is 20.3 Å². The molecule has 0 radical (unpaired) electrons. The predicted octanol–water partition coefficient (Wildman–Crippen LogP) is 5.21. The highest BCUT2D eigenvalue weighted by Gasteiger charge is 2.27. The molecule has 2 unspecified atom stereocenters. The standard InChI is InChI=1S/C23H27BrN6O2S/c1-5-14(2)19(26-22(32)25-17-8-6-7-16(24)13-17)20(31)27-23-29-28-21(33-23)15-9-11-18(12-10-15)30(3)4/h6-14,19H,5H2,1-4H3,(H2,25,26,32)(H,27,29,31). The van der Waals surface area contributed by atoms with Crippen molar-refractivity contribution in [1.29, 1.82) is 0 Å². The van der Waals surface area contributed by atoms with E-state index >= 15 is 0 Å².